The van der Waals surface area contributed by atoms with E-state index in [1.165, 1.54) is 30.5 Å². The van der Waals surface area contributed by atoms with Gasteiger partial charge in [-0.2, -0.15) is 0 Å². The van der Waals surface area contributed by atoms with Gasteiger partial charge in [0.05, 0.1) is 0 Å². The van der Waals surface area contributed by atoms with Crippen LogP contribution in [0.3, 0.4) is 0 Å². The Morgan fingerprint density at radius 1 is 1.23 bits per heavy atom. The van der Waals surface area contributed by atoms with E-state index in [0.717, 1.165) is 5.92 Å². The summed E-state index contributed by atoms with van der Waals surface area (Å²) >= 11 is 0. The molecular weight excluding hydrogens is 164 g/mol. The lowest BCUT2D eigenvalue weighted by atomic mass is 10.1. The normalized spacial score (nSPS) is 33.7. The summed E-state index contributed by atoms with van der Waals surface area (Å²) in [5, 5.41) is 9.19. The highest BCUT2D eigenvalue weighted by atomic mass is 16.3. The smallest absolute Gasteiger partial charge is 0.220 e. The molecule has 0 aliphatic heterocycles. The second kappa shape index (κ2) is 1.95. The van der Waals surface area contributed by atoms with E-state index in [-0.39, 0.29) is 11.2 Å². The lowest BCUT2D eigenvalue weighted by Gasteiger charge is -1.98. The first-order chi connectivity index (χ1) is 6.22. The topological polar surface area (TPSA) is 37.3 Å². The van der Waals surface area contributed by atoms with E-state index in [4.69, 9.17) is 0 Å². The zero-order chi connectivity index (χ0) is 9.05. The molecule has 66 valence electrons. The fraction of sp³-hybridized carbons (Fsp3) is 0.364. The third-order valence-electron chi connectivity index (χ3n) is 3.34. The highest BCUT2D eigenvalue weighted by Crippen LogP contribution is 2.75. The molecule has 2 nitrogen and oxygen atoms in total. The first kappa shape index (κ1) is 7.13. The first-order valence-corrected chi connectivity index (χ1v) is 4.56. The van der Waals surface area contributed by atoms with Crippen molar-refractivity contribution in [2.24, 2.45) is 5.92 Å². The summed E-state index contributed by atoms with van der Waals surface area (Å²) in [7, 11) is 0. The monoisotopic (exact) mass is 174 g/mol. The van der Waals surface area contributed by atoms with Crippen molar-refractivity contribution in [3.63, 3.8) is 0 Å². The molecule has 2 heteroatoms. The predicted octanol–water partition coefficient (Wildman–Crippen LogP) is 1.41. The van der Waals surface area contributed by atoms with Crippen molar-refractivity contribution in [3.8, 4) is 5.75 Å². The molecule has 0 atom stereocenters. The molecule has 3 rings (SSSR count). The molecule has 0 unspecified atom stereocenters. The lowest BCUT2D eigenvalue weighted by Crippen LogP contribution is -1.92. The summed E-state index contributed by atoms with van der Waals surface area (Å²) in [5.41, 5.74) is 1.34. The standard InChI is InChI=1S/C11H10O2/c12-9-3-1-7(2-4-10(9)13)11-5-8(11)6-11/h1-4,8H,5-6H2,(H,12,13). The van der Waals surface area contributed by atoms with Crippen LogP contribution in [-0.4, -0.2) is 5.11 Å². The summed E-state index contributed by atoms with van der Waals surface area (Å²) in [4.78, 5) is 11.1. The van der Waals surface area contributed by atoms with Crippen LogP contribution in [0.4, 0.5) is 0 Å². The third-order valence-corrected chi connectivity index (χ3v) is 3.34. The van der Waals surface area contributed by atoms with E-state index in [9.17, 15) is 9.90 Å². The van der Waals surface area contributed by atoms with Crippen LogP contribution in [0.1, 0.15) is 18.4 Å². The molecule has 0 radical (unpaired) electrons. The fourth-order valence-corrected chi connectivity index (χ4v) is 2.06. The van der Waals surface area contributed by atoms with Gasteiger partial charge in [-0.1, -0.05) is 12.1 Å². The second-order valence-corrected chi connectivity index (χ2v) is 4.13. The van der Waals surface area contributed by atoms with Gasteiger partial charge in [0.25, 0.3) is 0 Å². The van der Waals surface area contributed by atoms with Gasteiger partial charge in [0, 0.05) is 0 Å². The minimum Gasteiger partial charge on any atom is -0.504 e. The number of fused-ring (bicyclic) bond motifs is 1. The van der Waals surface area contributed by atoms with Gasteiger partial charge in [-0.05, 0) is 41.9 Å². The van der Waals surface area contributed by atoms with Crippen molar-refractivity contribution in [2.75, 3.05) is 0 Å². The summed E-state index contributed by atoms with van der Waals surface area (Å²) < 4.78 is 0. The maximum Gasteiger partial charge on any atom is 0.220 e. The van der Waals surface area contributed by atoms with Gasteiger partial charge in [-0.15, -0.1) is 0 Å². The molecule has 1 N–H and O–H groups in total. The van der Waals surface area contributed by atoms with E-state index in [0.29, 0.717) is 5.41 Å². The van der Waals surface area contributed by atoms with Crippen LogP contribution in [0, 0.1) is 5.92 Å². The maximum absolute atomic E-state index is 11.1. The molecule has 0 saturated heterocycles. The van der Waals surface area contributed by atoms with E-state index in [1.54, 1.807) is 0 Å². The Kier molecular flexibility index (Phi) is 1.07. The third kappa shape index (κ3) is 0.857. The van der Waals surface area contributed by atoms with E-state index in [2.05, 4.69) is 0 Å². The highest BCUT2D eigenvalue weighted by molar-refractivity contribution is 5.43. The summed E-state index contributed by atoms with van der Waals surface area (Å²) in [6, 6.07) is 6.71. The van der Waals surface area contributed by atoms with Crippen LogP contribution < -0.4 is 5.43 Å². The maximum atomic E-state index is 11.1. The zero-order valence-electron chi connectivity index (χ0n) is 7.16. The minimum absolute atomic E-state index is 0.152. The van der Waals surface area contributed by atoms with Crippen LogP contribution >= 0.6 is 0 Å². The summed E-state index contributed by atoms with van der Waals surface area (Å²) in [5.74, 6) is 0.715. The molecule has 2 saturated carbocycles. The van der Waals surface area contributed by atoms with Gasteiger partial charge < -0.3 is 5.11 Å². The highest BCUT2D eigenvalue weighted by Gasteiger charge is 2.70. The van der Waals surface area contributed by atoms with Crippen LogP contribution in [0.2, 0.25) is 0 Å². The number of hydrogen-bond acceptors (Lipinski definition) is 2. The molecule has 0 bridgehead atoms. The Bertz CT molecular complexity index is 430. The molecule has 1 aromatic carbocycles. The number of aromatic hydroxyl groups is 1. The summed E-state index contributed by atoms with van der Waals surface area (Å²) in [6.45, 7) is 0. The Labute approximate surface area is 75.8 Å². The van der Waals surface area contributed by atoms with Crippen LogP contribution in [0.15, 0.2) is 29.1 Å². The average molecular weight is 174 g/mol. The van der Waals surface area contributed by atoms with Crippen LogP contribution in [0.25, 0.3) is 0 Å². The average Bonchev–Trinajstić information content (AvgIpc) is 2.87. The van der Waals surface area contributed by atoms with Gasteiger partial charge in [-0.25, -0.2) is 0 Å². The zero-order valence-corrected chi connectivity index (χ0v) is 7.16. The molecular formula is C11H10O2. The van der Waals surface area contributed by atoms with Crippen molar-refractivity contribution in [3.05, 3.63) is 40.1 Å². The van der Waals surface area contributed by atoms with Crippen LogP contribution in [0.5, 0.6) is 5.75 Å². The van der Waals surface area contributed by atoms with Gasteiger partial charge in [0.15, 0.2) is 5.75 Å². The number of hydrogen-bond donors (Lipinski definition) is 1. The van der Waals surface area contributed by atoms with Gasteiger partial charge in [0.1, 0.15) is 0 Å². The molecule has 2 aliphatic carbocycles. The molecule has 1 aromatic rings. The Morgan fingerprint density at radius 3 is 2.46 bits per heavy atom. The molecule has 2 aliphatic rings. The SMILES string of the molecule is O=c1ccc(C23CC2C3)ccc1O. The lowest BCUT2D eigenvalue weighted by molar-refractivity contribution is 0.471. The van der Waals surface area contributed by atoms with Crippen molar-refractivity contribution in [2.45, 2.75) is 18.3 Å². The predicted molar refractivity (Wildman–Crippen MR) is 48.8 cm³/mol. The molecule has 0 heterocycles. The van der Waals surface area contributed by atoms with Crippen molar-refractivity contribution in [1.82, 2.24) is 0 Å². The second-order valence-electron chi connectivity index (χ2n) is 4.13. The number of rotatable bonds is 1. The summed E-state index contributed by atoms with van der Waals surface area (Å²) in [6.07, 6.45) is 2.54. The van der Waals surface area contributed by atoms with E-state index >= 15 is 0 Å². The molecule has 0 amide bonds. The minimum atomic E-state index is -0.291. The fourth-order valence-electron chi connectivity index (χ4n) is 2.06. The molecule has 0 aromatic heterocycles. The molecule has 0 spiro atoms. The van der Waals surface area contributed by atoms with Crippen LogP contribution in [-0.2, 0) is 5.41 Å². The quantitative estimate of drug-likeness (QED) is 0.699. The molecule has 2 fully saturated rings. The largest absolute Gasteiger partial charge is 0.504 e. The van der Waals surface area contributed by atoms with Crippen molar-refractivity contribution < 1.29 is 5.11 Å². The van der Waals surface area contributed by atoms with Gasteiger partial charge >= 0.3 is 0 Å². The van der Waals surface area contributed by atoms with Gasteiger partial charge in [0.2, 0.25) is 5.43 Å². The van der Waals surface area contributed by atoms with E-state index < -0.39 is 0 Å². The van der Waals surface area contributed by atoms with Crippen molar-refractivity contribution >= 4 is 0 Å². The molecule has 13 heavy (non-hydrogen) atoms. The van der Waals surface area contributed by atoms with Gasteiger partial charge in [-0.3, -0.25) is 4.79 Å². The van der Waals surface area contributed by atoms with E-state index in [1.807, 2.05) is 12.1 Å². The van der Waals surface area contributed by atoms with Crippen molar-refractivity contribution in [1.29, 1.82) is 0 Å². The Hall–Kier alpha value is -1.31. The Balaban J connectivity index is 2.14. The Morgan fingerprint density at radius 2 is 1.85 bits per heavy atom. The first-order valence-electron chi connectivity index (χ1n) is 4.56.